The number of hydrogen-bond donors (Lipinski definition) is 4. The maximum Gasteiger partial charge on any atom is 0.404 e. The molecule has 1 saturated carbocycles. The molecule has 1 aliphatic heterocycles. The van der Waals surface area contributed by atoms with Crippen LogP contribution in [0.5, 0.6) is 0 Å². The molecule has 2 atom stereocenters. The van der Waals surface area contributed by atoms with Crippen LogP contribution >= 0.6 is 11.6 Å². The Hall–Kier alpha value is -2.81. The van der Waals surface area contributed by atoms with Crippen LogP contribution in [-0.4, -0.2) is 44.0 Å². The summed E-state index contributed by atoms with van der Waals surface area (Å²) in [7, 11) is 1.79. The van der Waals surface area contributed by atoms with Crippen LogP contribution in [0.1, 0.15) is 41.6 Å². The molecule has 2 aromatic rings. The lowest BCUT2D eigenvalue weighted by Gasteiger charge is -2.32. The van der Waals surface area contributed by atoms with E-state index in [1.807, 2.05) is 0 Å². The van der Waals surface area contributed by atoms with Crippen LogP contribution in [0.2, 0.25) is 5.02 Å². The summed E-state index contributed by atoms with van der Waals surface area (Å²) >= 11 is 6.58. The van der Waals surface area contributed by atoms with E-state index < -0.39 is 6.09 Å². The molecule has 148 valence electrons. The van der Waals surface area contributed by atoms with Gasteiger partial charge in [0.05, 0.1) is 28.5 Å². The number of fused-ring (bicyclic) bond motifs is 1. The molecule has 1 aliphatic carbocycles. The molecule has 4 rings (SSSR count). The molecule has 0 radical (unpaired) electrons. The molecule has 0 bridgehead atoms. The summed E-state index contributed by atoms with van der Waals surface area (Å²) in [6, 6.07) is -0.348. The number of carbonyl (C=O) groups is 2. The maximum atomic E-state index is 12.4. The van der Waals surface area contributed by atoms with Crippen molar-refractivity contribution in [3.8, 4) is 11.3 Å². The third-order valence-corrected chi connectivity index (χ3v) is 5.67. The van der Waals surface area contributed by atoms with Gasteiger partial charge < -0.3 is 21.1 Å². The number of carbonyl (C=O) groups excluding carboxylic acids is 1. The monoisotopic (exact) mass is 404 g/mol. The number of aromatic nitrogens is 3. The van der Waals surface area contributed by atoms with Crippen LogP contribution in [0.25, 0.3) is 11.3 Å². The zero-order valence-corrected chi connectivity index (χ0v) is 16.1. The minimum atomic E-state index is -1.04. The Kier molecular flexibility index (Phi) is 4.84. The summed E-state index contributed by atoms with van der Waals surface area (Å²) in [5, 5.41) is 22.4. The standard InChI is InChI=1S/C18H21ClN6O3/c1-25-8-9(6-21-25)15-13-10(7-20-17(13)26)14(19)16(24-15)22-11-4-2-3-5-12(11)23-18(27)28/h6,8,11-12,23H,2-5,7H2,1H3,(H,20,26)(H,22,24)(H,27,28)/t11-,12-/m1/s1. The zero-order valence-electron chi connectivity index (χ0n) is 15.3. The molecule has 9 nitrogen and oxygen atoms in total. The fourth-order valence-corrected chi connectivity index (χ4v) is 4.20. The van der Waals surface area contributed by atoms with Gasteiger partial charge in [0, 0.05) is 37.0 Å². The average molecular weight is 405 g/mol. The molecule has 4 N–H and O–H groups in total. The fraction of sp³-hybridized carbons (Fsp3) is 0.444. The van der Waals surface area contributed by atoms with Crippen molar-refractivity contribution >= 4 is 29.4 Å². The van der Waals surface area contributed by atoms with Crippen LogP contribution in [0.3, 0.4) is 0 Å². The number of hydrogen-bond acceptors (Lipinski definition) is 5. The van der Waals surface area contributed by atoms with Gasteiger partial charge in [0.15, 0.2) is 0 Å². The molecule has 2 amide bonds. The Balaban J connectivity index is 1.73. The lowest BCUT2D eigenvalue weighted by atomic mass is 9.90. The summed E-state index contributed by atoms with van der Waals surface area (Å²) in [5.74, 6) is 0.248. The van der Waals surface area contributed by atoms with E-state index in [-0.39, 0.29) is 18.0 Å². The highest BCUT2D eigenvalue weighted by molar-refractivity contribution is 6.34. The molecule has 0 saturated heterocycles. The Labute approximate surface area is 166 Å². The zero-order chi connectivity index (χ0) is 19.8. The summed E-state index contributed by atoms with van der Waals surface area (Å²) in [6.07, 6.45) is 5.92. The first-order valence-corrected chi connectivity index (χ1v) is 9.57. The van der Waals surface area contributed by atoms with Crippen LogP contribution in [0, 0.1) is 0 Å². The van der Waals surface area contributed by atoms with Crippen molar-refractivity contribution in [3.63, 3.8) is 0 Å². The van der Waals surface area contributed by atoms with Crippen LogP contribution in [-0.2, 0) is 13.6 Å². The van der Waals surface area contributed by atoms with Crippen molar-refractivity contribution in [1.82, 2.24) is 25.4 Å². The molecule has 10 heteroatoms. The Bertz CT molecular complexity index is 944. The van der Waals surface area contributed by atoms with E-state index >= 15 is 0 Å². The molecule has 3 heterocycles. The second-order valence-electron chi connectivity index (χ2n) is 7.15. The number of amides is 2. The lowest BCUT2D eigenvalue weighted by molar-refractivity contribution is 0.0966. The van der Waals surface area contributed by atoms with Crippen molar-refractivity contribution in [2.45, 2.75) is 44.3 Å². The van der Waals surface area contributed by atoms with Crippen molar-refractivity contribution in [1.29, 1.82) is 0 Å². The lowest BCUT2D eigenvalue weighted by Crippen LogP contribution is -2.48. The second-order valence-corrected chi connectivity index (χ2v) is 7.53. The number of rotatable bonds is 4. The van der Waals surface area contributed by atoms with Gasteiger partial charge in [0.2, 0.25) is 0 Å². The summed E-state index contributed by atoms with van der Waals surface area (Å²) in [6.45, 7) is 0.332. The van der Waals surface area contributed by atoms with E-state index in [9.17, 15) is 9.59 Å². The van der Waals surface area contributed by atoms with Crippen molar-refractivity contribution in [2.24, 2.45) is 7.05 Å². The summed E-state index contributed by atoms with van der Waals surface area (Å²) in [5.41, 5.74) is 2.40. The van der Waals surface area contributed by atoms with E-state index in [0.29, 0.717) is 34.2 Å². The highest BCUT2D eigenvalue weighted by Crippen LogP contribution is 2.37. The van der Waals surface area contributed by atoms with Crippen molar-refractivity contribution in [2.75, 3.05) is 5.32 Å². The number of nitrogens with zero attached hydrogens (tertiary/aromatic N) is 3. The normalized spacial score (nSPS) is 21.1. The fourth-order valence-electron chi connectivity index (χ4n) is 3.94. The molecular formula is C18H21ClN6O3. The topological polar surface area (TPSA) is 121 Å². The van der Waals surface area contributed by atoms with Gasteiger partial charge in [-0.3, -0.25) is 9.48 Å². The second kappa shape index (κ2) is 7.31. The first-order chi connectivity index (χ1) is 13.4. The van der Waals surface area contributed by atoms with E-state index in [2.05, 4.69) is 26.0 Å². The van der Waals surface area contributed by atoms with Gasteiger partial charge in [-0.05, 0) is 12.8 Å². The van der Waals surface area contributed by atoms with Crippen LogP contribution in [0.4, 0.5) is 10.6 Å². The SMILES string of the molecule is Cn1cc(-c2nc(N[C@@H]3CCCC[C@H]3NC(=O)O)c(Cl)c3c2C(=O)NC3)cn1. The Morgan fingerprint density at radius 3 is 2.79 bits per heavy atom. The van der Waals surface area contributed by atoms with Gasteiger partial charge in [-0.1, -0.05) is 24.4 Å². The average Bonchev–Trinajstić information content (AvgIpc) is 3.25. The number of pyridine rings is 1. The third kappa shape index (κ3) is 3.37. The maximum absolute atomic E-state index is 12.4. The Morgan fingerprint density at radius 2 is 2.11 bits per heavy atom. The van der Waals surface area contributed by atoms with Crippen molar-refractivity contribution < 1.29 is 14.7 Å². The molecule has 2 aromatic heterocycles. The molecule has 1 fully saturated rings. The van der Waals surface area contributed by atoms with E-state index in [1.165, 1.54) is 0 Å². The quantitative estimate of drug-likeness (QED) is 0.620. The predicted molar refractivity (Wildman–Crippen MR) is 103 cm³/mol. The molecule has 0 spiro atoms. The minimum Gasteiger partial charge on any atom is -0.465 e. The van der Waals surface area contributed by atoms with Gasteiger partial charge in [0.25, 0.3) is 5.91 Å². The van der Waals surface area contributed by atoms with E-state index in [4.69, 9.17) is 16.7 Å². The first kappa shape index (κ1) is 18.5. The number of halogens is 1. The van der Waals surface area contributed by atoms with Gasteiger partial charge in [-0.15, -0.1) is 0 Å². The Morgan fingerprint density at radius 1 is 1.36 bits per heavy atom. The largest absolute Gasteiger partial charge is 0.465 e. The highest BCUT2D eigenvalue weighted by Gasteiger charge is 2.32. The third-order valence-electron chi connectivity index (χ3n) is 5.26. The van der Waals surface area contributed by atoms with Gasteiger partial charge in [-0.2, -0.15) is 5.10 Å². The number of aryl methyl sites for hydroxylation is 1. The van der Waals surface area contributed by atoms with Gasteiger partial charge >= 0.3 is 6.09 Å². The number of carboxylic acid groups (broad SMARTS) is 1. The highest BCUT2D eigenvalue weighted by atomic mass is 35.5. The van der Waals surface area contributed by atoms with Gasteiger partial charge in [-0.25, -0.2) is 9.78 Å². The summed E-state index contributed by atoms with van der Waals surface area (Å²) < 4.78 is 1.64. The molecule has 2 aliphatic rings. The number of anilines is 1. The predicted octanol–water partition coefficient (Wildman–Crippen LogP) is 2.37. The van der Waals surface area contributed by atoms with Crippen LogP contribution < -0.4 is 16.0 Å². The van der Waals surface area contributed by atoms with Crippen LogP contribution in [0.15, 0.2) is 12.4 Å². The van der Waals surface area contributed by atoms with E-state index in [1.54, 1.807) is 24.1 Å². The number of nitrogens with one attached hydrogen (secondary N) is 3. The van der Waals surface area contributed by atoms with Gasteiger partial charge in [0.1, 0.15) is 5.82 Å². The minimum absolute atomic E-state index is 0.125. The van der Waals surface area contributed by atoms with Crippen molar-refractivity contribution in [3.05, 3.63) is 28.5 Å². The molecular weight excluding hydrogens is 384 g/mol. The molecule has 0 unspecified atom stereocenters. The molecule has 28 heavy (non-hydrogen) atoms. The smallest absolute Gasteiger partial charge is 0.404 e. The van der Waals surface area contributed by atoms with E-state index in [0.717, 1.165) is 31.2 Å². The first-order valence-electron chi connectivity index (χ1n) is 9.19. The molecule has 0 aromatic carbocycles. The summed E-state index contributed by atoms with van der Waals surface area (Å²) in [4.78, 5) is 28.1.